The van der Waals surface area contributed by atoms with Crippen molar-refractivity contribution in [2.75, 3.05) is 18.4 Å². The number of nitrogens with zero attached hydrogens (tertiary/aromatic N) is 6. The summed E-state index contributed by atoms with van der Waals surface area (Å²) < 4.78 is 43.3. The van der Waals surface area contributed by atoms with Crippen molar-refractivity contribution in [2.24, 2.45) is 22.4 Å². The minimum atomic E-state index is -3.60. The third kappa shape index (κ3) is 4.59. The first-order chi connectivity index (χ1) is 17.1. The maximum atomic E-state index is 14.0. The van der Waals surface area contributed by atoms with Crippen molar-refractivity contribution in [2.45, 2.75) is 50.7 Å². The lowest BCUT2D eigenvalue weighted by atomic mass is 10.00. The number of fused-ring (bicyclic) bond motifs is 3. The zero-order valence-electron chi connectivity index (χ0n) is 19.8. The fourth-order valence-corrected chi connectivity index (χ4v) is 7.42. The molecule has 4 heterocycles. The molecule has 1 aromatic carbocycles. The van der Waals surface area contributed by atoms with E-state index >= 15 is 0 Å². The van der Waals surface area contributed by atoms with Gasteiger partial charge in [-0.15, -0.1) is 0 Å². The lowest BCUT2D eigenvalue weighted by molar-refractivity contribution is 0.182. The molecule has 36 heavy (non-hydrogen) atoms. The second-order valence-electron chi connectivity index (χ2n) is 9.64. The highest BCUT2D eigenvalue weighted by Crippen LogP contribution is 2.40. The smallest absolute Gasteiger partial charge is 0.282 e. The molecule has 11 nitrogen and oxygen atoms in total. The number of halogens is 1. The fraction of sp³-hybridized carbons (Fsp3) is 0.478. The third-order valence-electron chi connectivity index (χ3n) is 6.87. The molecule has 5 N–H and O–H groups in total. The average molecular weight is 514 g/mol. The molecule has 2 atom stereocenters. The summed E-state index contributed by atoms with van der Waals surface area (Å²) in [6.07, 6.45) is 4.24. The first kappa shape index (κ1) is 24.4. The Hall–Kier alpha value is -3.34. The number of anilines is 1. The highest BCUT2D eigenvalue weighted by Gasteiger charge is 2.51. The van der Waals surface area contributed by atoms with Crippen LogP contribution in [0.3, 0.4) is 0 Å². The molecule has 3 aliphatic rings. The maximum Gasteiger partial charge on any atom is 0.282 e. The van der Waals surface area contributed by atoms with Crippen molar-refractivity contribution >= 4 is 38.7 Å². The number of nitrogens with one attached hydrogen (secondary N) is 1. The summed E-state index contributed by atoms with van der Waals surface area (Å²) in [4.78, 5) is 13.4. The predicted molar refractivity (Wildman–Crippen MR) is 134 cm³/mol. The van der Waals surface area contributed by atoms with Gasteiger partial charge in [0.25, 0.3) is 10.2 Å². The number of rotatable bonds is 6. The topological polar surface area (TPSA) is 167 Å². The van der Waals surface area contributed by atoms with Gasteiger partial charge in [0.05, 0.1) is 17.5 Å². The van der Waals surface area contributed by atoms with Gasteiger partial charge in [0.1, 0.15) is 11.7 Å². The van der Waals surface area contributed by atoms with E-state index in [1.807, 2.05) is 0 Å². The highest BCUT2D eigenvalue weighted by atomic mass is 32.2. The molecule has 1 aromatic heterocycles. The molecule has 13 heteroatoms. The standard InChI is InChI=1S/C23H28FN9O2S/c1-13(26)6-21(27)30-22-19-5-2-15(24)7-20(19)29-23(31-22)28-16-8-17-3-4-18(9-16)33(17)36(34,35)32-11-14(10-25)12-32/h2,5-7,14,16-18H,3-4,8-9,11-12,26H2,1H3,(H3,27,28,29,30,31)/b13-6-. The Kier molecular flexibility index (Phi) is 6.27. The summed E-state index contributed by atoms with van der Waals surface area (Å²) >= 11 is 0. The molecule has 190 valence electrons. The number of nitriles is 1. The number of hydrogen-bond acceptors (Lipinski definition) is 8. The SMILES string of the molecule is C/C(N)=C/C(N)=Nc1nc(NC2CC3CCC(C2)N3S(=O)(=O)N2CC(C#N)C2)nc2cc(F)ccc12. The molecule has 2 unspecified atom stereocenters. The minimum Gasteiger partial charge on any atom is -0.402 e. The summed E-state index contributed by atoms with van der Waals surface area (Å²) in [5.41, 5.74) is 12.5. The van der Waals surface area contributed by atoms with Crippen LogP contribution < -0.4 is 16.8 Å². The van der Waals surface area contributed by atoms with Crippen molar-refractivity contribution in [3.05, 3.63) is 35.8 Å². The van der Waals surface area contributed by atoms with E-state index in [0.717, 1.165) is 12.8 Å². The number of aromatic nitrogens is 2. The van der Waals surface area contributed by atoms with Crippen LogP contribution in [-0.4, -0.2) is 64.0 Å². The molecule has 0 spiro atoms. The summed E-state index contributed by atoms with van der Waals surface area (Å²) in [5.74, 6) is 0.0424. The Morgan fingerprint density at radius 3 is 2.58 bits per heavy atom. The normalized spacial score (nSPS) is 26.1. The molecule has 0 amide bonds. The quantitative estimate of drug-likeness (QED) is 0.388. The Morgan fingerprint density at radius 2 is 1.94 bits per heavy atom. The molecule has 5 rings (SSSR count). The zero-order valence-corrected chi connectivity index (χ0v) is 20.6. The van der Waals surface area contributed by atoms with Gasteiger partial charge in [-0.05, 0) is 50.8 Å². The lowest BCUT2D eigenvalue weighted by Crippen LogP contribution is -2.59. The van der Waals surface area contributed by atoms with Crippen LogP contribution in [-0.2, 0) is 10.2 Å². The van der Waals surface area contributed by atoms with E-state index in [9.17, 15) is 12.8 Å². The molecule has 3 aliphatic heterocycles. The van der Waals surface area contributed by atoms with Gasteiger partial charge >= 0.3 is 0 Å². The van der Waals surface area contributed by atoms with Crippen molar-refractivity contribution < 1.29 is 12.8 Å². The largest absolute Gasteiger partial charge is 0.402 e. The number of aliphatic imine (C=N–C) groups is 1. The van der Waals surface area contributed by atoms with E-state index < -0.39 is 16.0 Å². The molecule has 3 fully saturated rings. The Labute approximate surface area is 208 Å². The van der Waals surface area contributed by atoms with Crippen LogP contribution in [0.4, 0.5) is 16.2 Å². The molecule has 3 saturated heterocycles. The Balaban J connectivity index is 1.38. The van der Waals surface area contributed by atoms with E-state index in [2.05, 4.69) is 26.3 Å². The van der Waals surface area contributed by atoms with Crippen LogP contribution in [0.5, 0.6) is 0 Å². The lowest BCUT2D eigenvalue weighted by Gasteiger charge is -2.43. The number of amidine groups is 1. The summed E-state index contributed by atoms with van der Waals surface area (Å²) in [6.45, 7) is 2.19. The molecule has 2 aromatic rings. The van der Waals surface area contributed by atoms with E-state index in [-0.39, 0.29) is 54.7 Å². The molecule has 0 saturated carbocycles. The van der Waals surface area contributed by atoms with Gasteiger partial charge in [-0.1, -0.05) is 0 Å². The van der Waals surface area contributed by atoms with Gasteiger partial charge in [0.15, 0.2) is 5.82 Å². The minimum absolute atomic E-state index is 0.0661. The van der Waals surface area contributed by atoms with Gasteiger partial charge < -0.3 is 16.8 Å². The number of nitrogens with two attached hydrogens (primary N) is 2. The fourth-order valence-electron chi connectivity index (χ4n) is 5.28. The Bertz CT molecular complexity index is 1380. The van der Waals surface area contributed by atoms with Crippen LogP contribution in [0.2, 0.25) is 0 Å². The average Bonchev–Trinajstić information content (AvgIpc) is 3.04. The van der Waals surface area contributed by atoms with E-state index in [1.165, 1.54) is 22.5 Å². The second-order valence-corrected chi connectivity index (χ2v) is 11.5. The van der Waals surface area contributed by atoms with Crippen molar-refractivity contribution in [3.8, 4) is 6.07 Å². The summed E-state index contributed by atoms with van der Waals surface area (Å²) in [6, 6.07) is 5.94. The van der Waals surface area contributed by atoms with Crippen molar-refractivity contribution in [3.63, 3.8) is 0 Å². The van der Waals surface area contributed by atoms with E-state index in [0.29, 0.717) is 29.4 Å². The second kappa shape index (κ2) is 9.27. The third-order valence-corrected chi connectivity index (χ3v) is 8.95. The van der Waals surface area contributed by atoms with Crippen LogP contribution in [0.15, 0.2) is 35.0 Å². The zero-order chi connectivity index (χ0) is 25.6. The molecule has 2 bridgehead atoms. The van der Waals surface area contributed by atoms with Crippen LogP contribution in [0.25, 0.3) is 10.9 Å². The number of piperidine rings is 1. The monoisotopic (exact) mass is 513 g/mol. The van der Waals surface area contributed by atoms with Gasteiger partial charge in [-0.2, -0.15) is 27.3 Å². The first-order valence-corrected chi connectivity index (χ1v) is 13.2. The van der Waals surface area contributed by atoms with Crippen LogP contribution >= 0.6 is 0 Å². The molecule has 0 aliphatic carbocycles. The van der Waals surface area contributed by atoms with Gasteiger partial charge in [-0.3, -0.25) is 0 Å². The van der Waals surface area contributed by atoms with E-state index in [1.54, 1.807) is 17.3 Å². The van der Waals surface area contributed by atoms with Crippen LogP contribution in [0.1, 0.15) is 32.6 Å². The predicted octanol–water partition coefficient (Wildman–Crippen LogP) is 1.73. The molecular formula is C23H28FN9O2S. The summed E-state index contributed by atoms with van der Waals surface area (Å²) in [7, 11) is -3.60. The molecular weight excluding hydrogens is 485 g/mol. The Morgan fingerprint density at radius 1 is 1.25 bits per heavy atom. The van der Waals surface area contributed by atoms with Crippen LogP contribution in [0, 0.1) is 23.1 Å². The first-order valence-electron chi connectivity index (χ1n) is 11.8. The van der Waals surface area contributed by atoms with Gasteiger partial charge in [0.2, 0.25) is 5.95 Å². The van der Waals surface area contributed by atoms with Crippen molar-refractivity contribution in [1.29, 1.82) is 5.26 Å². The van der Waals surface area contributed by atoms with E-state index in [4.69, 9.17) is 16.7 Å². The summed E-state index contributed by atoms with van der Waals surface area (Å²) in [5, 5.41) is 12.9. The maximum absolute atomic E-state index is 14.0. The highest BCUT2D eigenvalue weighted by molar-refractivity contribution is 7.86. The molecule has 0 radical (unpaired) electrons. The number of benzene rings is 1. The number of allylic oxidation sites excluding steroid dienone is 1. The van der Waals surface area contributed by atoms with Gasteiger partial charge in [0, 0.05) is 48.4 Å². The number of hydrogen-bond donors (Lipinski definition) is 3. The van der Waals surface area contributed by atoms with Gasteiger partial charge in [-0.25, -0.2) is 14.4 Å². The van der Waals surface area contributed by atoms with Crippen molar-refractivity contribution in [1.82, 2.24) is 18.6 Å².